The second kappa shape index (κ2) is 4.35. The lowest BCUT2D eigenvalue weighted by molar-refractivity contribution is -0.157. The van der Waals surface area contributed by atoms with Gasteiger partial charge in [0.1, 0.15) is 0 Å². The molecule has 1 aromatic rings. The van der Waals surface area contributed by atoms with E-state index in [1.54, 1.807) is 0 Å². The van der Waals surface area contributed by atoms with Gasteiger partial charge in [0.05, 0.1) is 17.9 Å². The van der Waals surface area contributed by atoms with Crippen LogP contribution in [0, 0.1) is 12.8 Å². The number of nitrogens with zero attached hydrogens (tertiary/aromatic N) is 2. The predicted molar refractivity (Wildman–Crippen MR) is 68.2 cm³/mol. The zero-order valence-corrected chi connectivity index (χ0v) is 11.2. The van der Waals surface area contributed by atoms with E-state index in [0.717, 1.165) is 30.7 Å². The van der Waals surface area contributed by atoms with Gasteiger partial charge in [-0.15, -0.1) is 0 Å². The maximum absolute atomic E-state index is 10.6. The molecular formula is C14H22N2O2. The first-order valence-corrected chi connectivity index (χ1v) is 6.92. The van der Waals surface area contributed by atoms with Gasteiger partial charge in [-0.05, 0) is 44.9 Å². The van der Waals surface area contributed by atoms with Gasteiger partial charge in [-0.25, -0.2) is 0 Å². The number of rotatable bonds is 2. The van der Waals surface area contributed by atoms with Gasteiger partial charge in [0.25, 0.3) is 0 Å². The quantitative estimate of drug-likeness (QED) is 0.874. The number of aliphatic hydroxyl groups excluding tert-OH is 1. The van der Waals surface area contributed by atoms with Crippen molar-refractivity contribution in [2.45, 2.75) is 50.7 Å². The first-order chi connectivity index (χ1) is 8.61. The van der Waals surface area contributed by atoms with E-state index in [-0.39, 0.29) is 11.7 Å². The van der Waals surface area contributed by atoms with E-state index < -0.39 is 0 Å². The molecule has 4 nitrogen and oxygen atoms in total. The van der Waals surface area contributed by atoms with Crippen molar-refractivity contribution >= 4 is 0 Å². The lowest BCUT2D eigenvalue weighted by Gasteiger charge is -2.48. The van der Waals surface area contributed by atoms with Gasteiger partial charge >= 0.3 is 0 Å². The molecule has 3 rings (SSSR count). The van der Waals surface area contributed by atoms with Crippen molar-refractivity contribution in [2.24, 2.45) is 13.0 Å². The van der Waals surface area contributed by atoms with Gasteiger partial charge in [-0.1, -0.05) is 0 Å². The SMILES string of the molecule is Cc1c(C(O)C2CCOC3(CCC3)C2)cnn1C. The van der Waals surface area contributed by atoms with Crippen molar-refractivity contribution in [3.05, 3.63) is 17.5 Å². The van der Waals surface area contributed by atoms with Gasteiger partial charge in [-0.2, -0.15) is 5.10 Å². The largest absolute Gasteiger partial charge is 0.388 e. The van der Waals surface area contributed by atoms with Gasteiger partial charge in [0.2, 0.25) is 0 Å². The Bertz CT molecular complexity index is 437. The summed E-state index contributed by atoms with van der Waals surface area (Å²) in [6, 6.07) is 0. The zero-order chi connectivity index (χ0) is 12.8. The molecule has 2 fully saturated rings. The van der Waals surface area contributed by atoms with E-state index in [9.17, 15) is 5.11 Å². The Morgan fingerprint density at radius 2 is 2.33 bits per heavy atom. The fraction of sp³-hybridized carbons (Fsp3) is 0.786. The van der Waals surface area contributed by atoms with Crippen molar-refractivity contribution in [3.8, 4) is 0 Å². The fourth-order valence-electron chi connectivity index (χ4n) is 3.31. The number of ether oxygens (including phenoxy) is 1. The van der Waals surface area contributed by atoms with Crippen LogP contribution in [-0.4, -0.2) is 27.1 Å². The van der Waals surface area contributed by atoms with Gasteiger partial charge in [0.15, 0.2) is 0 Å². The van der Waals surface area contributed by atoms with Crippen LogP contribution in [0.2, 0.25) is 0 Å². The number of aryl methyl sites for hydroxylation is 1. The summed E-state index contributed by atoms with van der Waals surface area (Å²) in [6.07, 6.45) is 6.99. The summed E-state index contributed by atoms with van der Waals surface area (Å²) in [4.78, 5) is 0. The molecule has 2 heterocycles. The molecule has 1 aromatic heterocycles. The monoisotopic (exact) mass is 250 g/mol. The minimum Gasteiger partial charge on any atom is -0.388 e. The van der Waals surface area contributed by atoms with E-state index >= 15 is 0 Å². The molecule has 0 aromatic carbocycles. The third kappa shape index (κ3) is 1.88. The summed E-state index contributed by atoms with van der Waals surface area (Å²) in [5.74, 6) is 0.321. The first-order valence-electron chi connectivity index (χ1n) is 6.92. The zero-order valence-electron chi connectivity index (χ0n) is 11.2. The van der Waals surface area contributed by atoms with Crippen LogP contribution in [0.25, 0.3) is 0 Å². The molecule has 1 spiro atoms. The molecule has 18 heavy (non-hydrogen) atoms. The van der Waals surface area contributed by atoms with Crippen molar-refractivity contribution in [2.75, 3.05) is 6.61 Å². The lowest BCUT2D eigenvalue weighted by atomic mass is 9.70. The minimum absolute atomic E-state index is 0.0972. The Labute approximate surface area is 108 Å². The van der Waals surface area contributed by atoms with Crippen LogP contribution in [-0.2, 0) is 11.8 Å². The summed E-state index contributed by atoms with van der Waals surface area (Å²) >= 11 is 0. The summed E-state index contributed by atoms with van der Waals surface area (Å²) in [5.41, 5.74) is 2.15. The normalized spacial score (nSPS) is 28.1. The van der Waals surface area contributed by atoms with Gasteiger partial charge in [-0.3, -0.25) is 4.68 Å². The van der Waals surface area contributed by atoms with E-state index in [1.807, 2.05) is 24.9 Å². The Morgan fingerprint density at radius 1 is 1.56 bits per heavy atom. The van der Waals surface area contributed by atoms with Gasteiger partial charge < -0.3 is 9.84 Å². The Morgan fingerprint density at radius 3 is 2.89 bits per heavy atom. The van der Waals surface area contributed by atoms with E-state index in [1.165, 1.54) is 19.3 Å². The highest BCUT2D eigenvalue weighted by molar-refractivity contribution is 5.20. The Kier molecular flexibility index (Phi) is 2.94. The molecule has 100 valence electrons. The maximum Gasteiger partial charge on any atom is 0.0853 e. The van der Waals surface area contributed by atoms with Crippen LogP contribution in [0.3, 0.4) is 0 Å². The topological polar surface area (TPSA) is 47.3 Å². The minimum atomic E-state index is -0.389. The third-order valence-electron chi connectivity index (χ3n) is 4.83. The molecule has 0 amide bonds. The molecule has 1 saturated heterocycles. The average Bonchev–Trinajstić information content (AvgIpc) is 2.67. The summed E-state index contributed by atoms with van der Waals surface area (Å²) < 4.78 is 7.75. The standard InChI is InChI=1S/C14H22N2O2/c1-10-12(9-15-16(10)2)13(17)11-4-7-18-14(8-11)5-3-6-14/h9,11,13,17H,3-8H2,1-2H3. The van der Waals surface area contributed by atoms with Crippen LogP contribution in [0.1, 0.15) is 49.5 Å². The number of aliphatic hydroxyl groups is 1. The second-order valence-corrected chi connectivity index (χ2v) is 5.89. The summed E-state index contributed by atoms with van der Waals surface area (Å²) in [7, 11) is 1.92. The molecule has 0 bridgehead atoms. The highest BCUT2D eigenvalue weighted by atomic mass is 16.5. The molecule has 2 aliphatic rings. The predicted octanol–water partition coefficient (Wildman–Crippen LogP) is 2.11. The third-order valence-corrected chi connectivity index (χ3v) is 4.83. The molecule has 1 N–H and O–H groups in total. The number of hydrogen-bond donors (Lipinski definition) is 1. The van der Waals surface area contributed by atoms with Crippen LogP contribution in [0.15, 0.2) is 6.20 Å². The molecule has 2 unspecified atom stereocenters. The van der Waals surface area contributed by atoms with Crippen LogP contribution < -0.4 is 0 Å². The first kappa shape index (κ1) is 12.2. The Hall–Kier alpha value is -0.870. The van der Waals surface area contributed by atoms with Crippen molar-refractivity contribution in [1.29, 1.82) is 0 Å². The van der Waals surface area contributed by atoms with Crippen molar-refractivity contribution in [3.63, 3.8) is 0 Å². The Balaban J connectivity index is 1.76. The molecule has 2 atom stereocenters. The summed E-state index contributed by atoms with van der Waals surface area (Å²) in [5, 5.41) is 14.8. The lowest BCUT2D eigenvalue weighted by Crippen LogP contribution is -2.46. The van der Waals surface area contributed by atoms with Crippen molar-refractivity contribution in [1.82, 2.24) is 9.78 Å². The average molecular weight is 250 g/mol. The van der Waals surface area contributed by atoms with Gasteiger partial charge in [0, 0.05) is 24.9 Å². The van der Waals surface area contributed by atoms with Crippen LogP contribution >= 0.6 is 0 Å². The van der Waals surface area contributed by atoms with E-state index in [0.29, 0.717) is 5.92 Å². The maximum atomic E-state index is 10.6. The van der Waals surface area contributed by atoms with Crippen molar-refractivity contribution < 1.29 is 9.84 Å². The number of hydrogen-bond acceptors (Lipinski definition) is 3. The molecule has 0 radical (unpaired) electrons. The molecule has 1 aliphatic heterocycles. The second-order valence-electron chi connectivity index (χ2n) is 5.89. The molecular weight excluding hydrogens is 228 g/mol. The van der Waals surface area contributed by atoms with Crippen LogP contribution in [0.5, 0.6) is 0 Å². The smallest absolute Gasteiger partial charge is 0.0853 e. The highest BCUT2D eigenvalue weighted by Crippen LogP contribution is 2.47. The van der Waals surface area contributed by atoms with E-state index in [2.05, 4.69) is 5.10 Å². The highest BCUT2D eigenvalue weighted by Gasteiger charge is 2.44. The molecule has 1 aliphatic carbocycles. The van der Waals surface area contributed by atoms with Crippen LogP contribution in [0.4, 0.5) is 0 Å². The molecule has 4 heteroatoms. The fourth-order valence-corrected chi connectivity index (χ4v) is 3.31. The summed E-state index contributed by atoms with van der Waals surface area (Å²) in [6.45, 7) is 2.81. The molecule has 1 saturated carbocycles. The number of aromatic nitrogens is 2. The van der Waals surface area contributed by atoms with E-state index in [4.69, 9.17) is 4.74 Å².